The minimum Gasteiger partial charge on any atom is -0.385 e. The zero-order chi connectivity index (χ0) is 20.6. The quantitative estimate of drug-likeness (QED) is 0.264. The predicted molar refractivity (Wildman–Crippen MR) is 117 cm³/mol. The average Bonchev–Trinajstić information content (AvgIpc) is 2.67. The Balaban J connectivity index is 2.25. The maximum absolute atomic E-state index is 12.0. The van der Waals surface area contributed by atoms with Crippen molar-refractivity contribution in [3.63, 3.8) is 0 Å². The fourth-order valence-corrected chi connectivity index (χ4v) is 2.61. The van der Waals surface area contributed by atoms with Crippen LogP contribution in [0.25, 0.3) is 0 Å². The standard InChI is InChI=1S/C20H34ClN5O2/c1-4-22-20(24-13-15-26(2)14-6-16-28-3)23-12-5-7-19(27)25-18-10-8-17(21)9-11-18/h8-11H,4-7,12-16H2,1-3H3,(H,25,27)(H2,22,23,24). The van der Waals surface area contributed by atoms with E-state index in [1.807, 2.05) is 6.92 Å². The number of hydrogen-bond donors (Lipinski definition) is 3. The molecule has 1 rings (SSSR count). The molecule has 8 heteroatoms. The molecular formula is C20H34ClN5O2. The Kier molecular flexibility index (Phi) is 13.1. The molecule has 0 aliphatic carbocycles. The third kappa shape index (κ3) is 11.8. The van der Waals surface area contributed by atoms with Crippen LogP contribution in [0.4, 0.5) is 5.69 Å². The average molecular weight is 412 g/mol. The van der Waals surface area contributed by atoms with Crippen molar-refractivity contribution < 1.29 is 9.53 Å². The summed E-state index contributed by atoms with van der Waals surface area (Å²) in [6.07, 6.45) is 2.14. The largest absolute Gasteiger partial charge is 0.385 e. The van der Waals surface area contributed by atoms with E-state index in [1.54, 1.807) is 31.4 Å². The minimum atomic E-state index is -0.0202. The van der Waals surface area contributed by atoms with Crippen LogP contribution in [0.3, 0.4) is 0 Å². The molecule has 0 bridgehead atoms. The predicted octanol–water partition coefficient (Wildman–Crippen LogP) is 2.58. The number of anilines is 1. The number of aliphatic imine (C=N–C) groups is 1. The molecule has 0 atom stereocenters. The number of halogens is 1. The number of carbonyl (C=O) groups excluding carboxylic acids is 1. The smallest absolute Gasteiger partial charge is 0.224 e. The molecule has 0 unspecified atom stereocenters. The van der Waals surface area contributed by atoms with Gasteiger partial charge in [0.1, 0.15) is 0 Å². The number of nitrogens with zero attached hydrogens (tertiary/aromatic N) is 2. The van der Waals surface area contributed by atoms with Gasteiger partial charge in [-0.25, -0.2) is 0 Å². The van der Waals surface area contributed by atoms with E-state index in [1.165, 1.54) is 0 Å². The van der Waals surface area contributed by atoms with E-state index < -0.39 is 0 Å². The molecule has 0 saturated carbocycles. The molecule has 3 N–H and O–H groups in total. The SMILES string of the molecule is CCNC(=NCCCC(=O)Nc1ccc(Cl)cc1)NCCN(C)CCCOC. The van der Waals surface area contributed by atoms with Crippen LogP contribution in [0.1, 0.15) is 26.2 Å². The second-order valence-corrected chi connectivity index (χ2v) is 6.93. The minimum absolute atomic E-state index is 0.0202. The molecule has 0 aromatic heterocycles. The van der Waals surface area contributed by atoms with Crippen molar-refractivity contribution in [2.45, 2.75) is 26.2 Å². The Labute approximate surface area is 173 Å². The van der Waals surface area contributed by atoms with E-state index in [2.05, 4.69) is 32.9 Å². The van der Waals surface area contributed by atoms with Gasteiger partial charge in [-0.15, -0.1) is 0 Å². The van der Waals surface area contributed by atoms with E-state index in [-0.39, 0.29) is 5.91 Å². The first-order valence-electron chi connectivity index (χ1n) is 9.80. The van der Waals surface area contributed by atoms with Gasteiger partial charge in [0.2, 0.25) is 5.91 Å². The van der Waals surface area contributed by atoms with Crippen LogP contribution in [0.15, 0.2) is 29.3 Å². The first-order chi connectivity index (χ1) is 13.5. The van der Waals surface area contributed by atoms with Gasteiger partial charge in [-0.1, -0.05) is 11.6 Å². The molecule has 28 heavy (non-hydrogen) atoms. The molecule has 0 fully saturated rings. The molecule has 158 valence electrons. The summed E-state index contributed by atoms with van der Waals surface area (Å²) in [5, 5.41) is 10.1. The van der Waals surface area contributed by atoms with E-state index in [0.29, 0.717) is 24.4 Å². The normalized spacial score (nSPS) is 11.5. The van der Waals surface area contributed by atoms with Crippen molar-refractivity contribution in [1.82, 2.24) is 15.5 Å². The van der Waals surface area contributed by atoms with E-state index in [4.69, 9.17) is 16.3 Å². The number of guanidine groups is 1. The Morgan fingerprint density at radius 1 is 1.18 bits per heavy atom. The Hall–Kier alpha value is -1.83. The summed E-state index contributed by atoms with van der Waals surface area (Å²) in [6, 6.07) is 7.09. The lowest BCUT2D eigenvalue weighted by Crippen LogP contribution is -2.41. The molecule has 1 amide bonds. The van der Waals surface area contributed by atoms with Gasteiger partial charge in [0.05, 0.1) is 0 Å². The van der Waals surface area contributed by atoms with E-state index in [0.717, 1.165) is 50.9 Å². The molecule has 1 aromatic rings. The summed E-state index contributed by atoms with van der Waals surface area (Å²) in [5.74, 6) is 0.763. The van der Waals surface area contributed by atoms with Crippen molar-refractivity contribution in [1.29, 1.82) is 0 Å². The number of amides is 1. The first-order valence-corrected chi connectivity index (χ1v) is 10.2. The Bertz CT molecular complexity index is 580. The molecule has 1 aromatic carbocycles. The summed E-state index contributed by atoms with van der Waals surface area (Å²) >= 11 is 5.84. The number of rotatable bonds is 13. The molecule has 7 nitrogen and oxygen atoms in total. The van der Waals surface area contributed by atoms with Crippen molar-refractivity contribution in [2.75, 3.05) is 58.8 Å². The van der Waals surface area contributed by atoms with Gasteiger partial charge in [0, 0.05) is 63.6 Å². The lowest BCUT2D eigenvalue weighted by Gasteiger charge is -2.18. The van der Waals surface area contributed by atoms with Gasteiger partial charge in [-0.3, -0.25) is 9.79 Å². The lowest BCUT2D eigenvalue weighted by molar-refractivity contribution is -0.116. The van der Waals surface area contributed by atoms with Crippen LogP contribution in [0.5, 0.6) is 0 Å². The van der Waals surface area contributed by atoms with Gasteiger partial charge in [0.25, 0.3) is 0 Å². The van der Waals surface area contributed by atoms with E-state index >= 15 is 0 Å². The van der Waals surface area contributed by atoms with Crippen LogP contribution in [-0.4, -0.2) is 70.3 Å². The summed E-state index contributed by atoms with van der Waals surface area (Å²) in [4.78, 5) is 18.8. The molecule has 0 aliphatic rings. The molecule has 0 radical (unpaired) electrons. The third-order valence-corrected chi connectivity index (χ3v) is 4.23. The van der Waals surface area contributed by atoms with Gasteiger partial charge in [-0.2, -0.15) is 0 Å². The summed E-state index contributed by atoms with van der Waals surface area (Å²) < 4.78 is 5.07. The second-order valence-electron chi connectivity index (χ2n) is 6.50. The van der Waals surface area contributed by atoms with Crippen LogP contribution < -0.4 is 16.0 Å². The summed E-state index contributed by atoms with van der Waals surface area (Å²) in [5.41, 5.74) is 0.752. The number of hydrogen-bond acceptors (Lipinski definition) is 4. The number of benzene rings is 1. The highest BCUT2D eigenvalue weighted by atomic mass is 35.5. The molecule has 0 aliphatic heterocycles. The van der Waals surface area contributed by atoms with Gasteiger partial charge in [-0.05, 0) is 51.1 Å². The van der Waals surface area contributed by atoms with Crippen LogP contribution >= 0.6 is 11.6 Å². The highest BCUT2D eigenvalue weighted by Gasteiger charge is 2.03. The third-order valence-electron chi connectivity index (χ3n) is 3.98. The lowest BCUT2D eigenvalue weighted by atomic mass is 10.2. The van der Waals surface area contributed by atoms with Crippen molar-refractivity contribution in [2.24, 2.45) is 4.99 Å². The van der Waals surface area contributed by atoms with Crippen LogP contribution in [0, 0.1) is 0 Å². The van der Waals surface area contributed by atoms with Crippen molar-refractivity contribution in [3.8, 4) is 0 Å². The second kappa shape index (κ2) is 15.1. The number of likely N-dealkylation sites (N-methyl/N-ethyl adjacent to an activating group) is 1. The Morgan fingerprint density at radius 3 is 2.61 bits per heavy atom. The monoisotopic (exact) mass is 411 g/mol. The van der Waals surface area contributed by atoms with Gasteiger partial charge < -0.3 is 25.6 Å². The maximum atomic E-state index is 12.0. The molecule has 0 heterocycles. The number of methoxy groups -OCH3 is 1. The van der Waals surface area contributed by atoms with E-state index in [9.17, 15) is 4.79 Å². The van der Waals surface area contributed by atoms with Crippen molar-refractivity contribution >= 4 is 29.2 Å². The topological polar surface area (TPSA) is 78.0 Å². The number of nitrogens with one attached hydrogen (secondary N) is 3. The number of carbonyl (C=O) groups is 1. The fraction of sp³-hybridized carbons (Fsp3) is 0.600. The van der Waals surface area contributed by atoms with Crippen LogP contribution in [-0.2, 0) is 9.53 Å². The highest BCUT2D eigenvalue weighted by Crippen LogP contribution is 2.13. The zero-order valence-electron chi connectivity index (χ0n) is 17.3. The summed E-state index contributed by atoms with van der Waals surface area (Å²) in [7, 11) is 3.82. The van der Waals surface area contributed by atoms with Gasteiger partial charge in [0.15, 0.2) is 5.96 Å². The zero-order valence-corrected chi connectivity index (χ0v) is 18.0. The molecule has 0 spiro atoms. The van der Waals surface area contributed by atoms with Crippen molar-refractivity contribution in [3.05, 3.63) is 29.3 Å². The van der Waals surface area contributed by atoms with Crippen LogP contribution in [0.2, 0.25) is 5.02 Å². The number of ether oxygens (including phenoxy) is 1. The molecular weight excluding hydrogens is 378 g/mol. The Morgan fingerprint density at radius 2 is 1.93 bits per heavy atom. The highest BCUT2D eigenvalue weighted by molar-refractivity contribution is 6.30. The fourth-order valence-electron chi connectivity index (χ4n) is 2.48. The molecule has 0 saturated heterocycles. The summed E-state index contributed by atoms with van der Waals surface area (Å²) in [6.45, 7) is 6.96. The first kappa shape index (κ1) is 24.2. The maximum Gasteiger partial charge on any atom is 0.224 e. The van der Waals surface area contributed by atoms with Gasteiger partial charge >= 0.3 is 0 Å².